The van der Waals surface area contributed by atoms with Gasteiger partial charge < -0.3 is 10.0 Å². The summed E-state index contributed by atoms with van der Waals surface area (Å²) in [6, 6.07) is 17.3. The van der Waals surface area contributed by atoms with Gasteiger partial charge in [-0.3, -0.25) is 13.9 Å². The Morgan fingerprint density at radius 1 is 0.804 bits per heavy atom. The molecule has 1 N–H and O–H groups in total. The van der Waals surface area contributed by atoms with Crippen LogP contribution in [0.2, 0.25) is 0 Å². The molecule has 7 heteroatoms. The Hall–Kier alpha value is -4.65. The zero-order valence-electron chi connectivity index (χ0n) is 31.8. The lowest BCUT2D eigenvalue weighted by atomic mass is 9.80. The Morgan fingerprint density at radius 2 is 1.49 bits per heavy atom. The molecule has 6 rings (SSSR count). The summed E-state index contributed by atoms with van der Waals surface area (Å²) in [5.41, 5.74) is 9.12. The maximum Gasteiger partial charge on any atom is 0.333 e. The summed E-state index contributed by atoms with van der Waals surface area (Å²) in [6.07, 6.45) is 13.3. The van der Waals surface area contributed by atoms with Crippen molar-refractivity contribution in [3.8, 4) is 5.88 Å². The highest BCUT2D eigenvalue weighted by molar-refractivity contribution is 6.03. The molecule has 51 heavy (non-hydrogen) atoms. The Morgan fingerprint density at radius 3 is 2.18 bits per heavy atom. The minimum absolute atomic E-state index is 0.209. The highest BCUT2D eigenvalue weighted by atomic mass is 16.3. The van der Waals surface area contributed by atoms with Gasteiger partial charge in [-0.1, -0.05) is 76.2 Å². The number of nitrogens with zero attached hydrogens (tertiary/aromatic N) is 4. The highest BCUT2D eigenvalue weighted by Crippen LogP contribution is 2.48. The van der Waals surface area contributed by atoms with Crippen LogP contribution in [0.15, 0.2) is 99.3 Å². The lowest BCUT2D eigenvalue weighted by molar-refractivity contribution is -0.437. The van der Waals surface area contributed by atoms with Crippen molar-refractivity contribution in [3.63, 3.8) is 0 Å². The third-order valence-corrected chi connectivity index (χ3v) is 11.2. The molecule has 0 unspecified atom stereocenters. The fourth-order valence-electron chi connectivity index (χ4n) is 8.62. The molecule has 0 atom stereocenters. The van der Waals surface area contributed by atoms with Gasteiger partial charge in [-0.15, -0.1) is 0 Å². The van der Waals surface area contributed by atoms with Crippen molar-refractivity contribution in [2.45, 2.75) is 111 Å². The predicted molar refractivity (Wildman–Crippen MR) is 211 cm³/mol. The topological polar surface area (TPSA) is 70.5 Å². The van der Waals surface area contributed by atoms with E-state index in [0.29, 0.717) is 0 Å². The molecule has 0 radical (unpaired) electrons. The number of aromatic nitrogens is 2. The number of benzene rings is 2. The number of fused-ring (bicyclic) bond motifs is 2. The van der Waals surface area contributed by atoms with Crippen molar-refractivity contribution in [1.82, 2.24) is 9.13 Å². The van der Waals surface area contributed by atoms with Gasteiger partial charge in [0.1, 0.15) is 12.1 Å². The van der Waals surface area contributed by atoms with Crippen molar-refractivity contribution in [1.29, 1.82) is 0 Å². The standard InChI is InChI=1S/C44H54N4O3/c1-9-28-47-34-22-15-13-20-32(34)43(5,6)36(47)26-24-30-18-17-19-31(38(30)39-40(49)45(11-3)42(51)46(12-4)41(39)50)25-27-37-44(7,8)33-21-14-16-23-35(33)48(37)29-10-2/h13-16,20-27H,9-12,17-19,28-29H2,1-8H3/p+1/b30-24+,36-26+. The molecule has 1 aliphatic carbocycles. The molecule has 0 saturated carbocycles. The average Bonchev–Trinajstić information content (AvgIpc) is 3.46. The van der Waals surface area contributed by atoms with Crippen molar-refractivity contribution >= 4 is 22.7 Å². The second-order valence-electron chi connectivity index (χ2n) is 15.1. The van der Waals surface area contributed by atoms with Gasteiger partial charge in [-0.05, 0) is 87.8 Å². The first-order valence-corrected chi connectivity index (χ1v) is 18.9. The Balaban J connectivity index is 1.60. The van der Waals surface area contributed by atoms with Crippen LogP contribution in [0.1, 0.15) is 104 Å². The maximum atomic E-state index is 14.3. The lowest BCUT2D eigenvalue weighted by Crippen LogP contribution is -2.41. The van der Waals surface area contributed by atoms with Crippen LogP contribution < -0.4 is 16.1 Å². The minimum atomic E-state index is -0.482. The van der Waals surface area contributed by atoms with Crippen LogP contribution in [0, 0.1) is 0 Å². The monoisotopic (exact) mass is 687 g/mol. The number of allylic oxidation sites excluding steroid dienone is 8. The summed E-state index contributed by atoms with van der Waals surface area (Å²) in [4.78, 5) is 30.0. The molecule has 3 heterocycles. The molecular formula is C44H55N4O3+. The summed E-state index contributed by atoms with van der Waals surface area (Å²) in [6.45, 7) is 19.5. The van der Waals surface area contributed by atoms with Gasteiger partial charge in [0.25, 0.3) is 5.56 Å². The smallest absolute Gasteiger partial charge is 0.333 e. The van der Waals surface area contributed by atoms with Crippen molar-refractivity contribution in [2.75, 3.05) is 18.0 Å². The predicted octanol–water partition coefficient (Wildman–Crippen LogP) is 8.75. The van der Waals surface area contributed by atoms with Gasteiger partial charge in [0.15, 0.2) is 5.71 Å². The summed E-state index contributed by atoms with van der Waals surface area (Å²) in [5.74, 6) is -0.256. The lowest BCUT2D eigenvalue weighted by Gasteiger charge is -2.27. The molecule has 2 aliphatic heterocycles. The first-order chi connectivity index (χ1) is 24.4. The Kier molecular flexibility index (Phi) is 10.0. The van der Waals surface area contributed by atoms with Crippen molar-refractivity contribution in [3.05, 3.63) is 127 Å². The first kappa shape index (κ1) is 36.2. The molecule has 268 valence electrons. The molecule has 0 amide bonds. The zero-order chi connectivity index (χ0) is 36.7. The second kappa shape index (κ2) is 14.2. The van der Waals surface area contributed by atoms with E-state index in [1.165, 1.54) is 43.0 Å². The zero-order valence-corrected chi connectivity index (χ0v) is 31.8. The van der Waals surface area contributed by atoms with Crippen LogP contribution in [-0.2, 0) is 23.9 Å². The van der Waals surface area contributed by atoms with Crippen LogP contribution >= 0.6 is 0 Å². The third-order valence-electron chi connectivity index (χ3n) is 11.2. The fraction of sp³-hybridized carbons (Fsp3) is 0.432. The van der Waals surface area contributed by atoms with Crippen molar-refractivity contribution < 1.29 is 9.68 Å². The second-order valence-corrected chi connectivity index (χ2v) is 15.1. The van der Waals surface area contributed by atoms with Gasteiger partial charge in [-0.2, -0.15) is 4.58 Å². The third kappa shape index (κ3) is 5.98. The maximum absolute atomic E-state index is 14.3. The van der Waals surface area contributed by atoms with Gasteiger partial charge in [0, 0.05) is 60.6 Å². The Labute approximate surface area is 303 Å². The molecule has 0 fully saturated rings. The molecular weight excluding hydrogens is 633 g/mol. The van der Waals surface area contributed by atoms with Crippen LogP contribution in [-0.4, -0.2) is 37.6 Å². The SMILES string of the molecule is CCCN1/C(=C/C=C2\CCCC(/C=C/C3=[N+](CCC)c4ccccc4C3(C)C)=C2c2c(O)n(CC)c(=O)n(CC)c2=O)C(C)(C)c2ccccc21. The van der Waals surface area contributed by atoms with E-state index in [2.05, 4.69) is 124 Å². The van der Waals surface area contributed by atoms with Crippen LogP contribution in [0.4, 0.5) is 11.4 Å². The fourth-order valence-corrected chi connectivity index (χ4v) is 8.62. The molecule has 0 spiro atoms. The van der Waals surface area contributed by atoms with Gasteiger partial charge in [0.2, 0.25) is 11.6 Å². The molecule has 0 saturated heterocycles. The van der Waals surface area contributed by atoms with E-state index in [1.807, 2.05) is 13.8 Å². The highest BCUT2D eigenvalue weighted by Gasteiger charge is 2.44. The van der Waals surface area contributed by atoms with E-state index in [9.17, 15) is 14.7 Å². The number of rotatable bonds is 10. The number of aromatic hydroxyl groups is 1. The Bertz CT molecular complexity index is 2130. The summed E-state index contributed by atoms with van der Waals surface area (Å²) in [7, 11) is 0. The molecule has 0 bridgehead atoms. The van der Waals surface area contributed by atoms with E-state index in [0.717, 1.165) is 61.9 Å². The van der Waals surface area contributed by atoms with Crippen LogP contribution in [0.25, 0.3) is 5.57 Å². The van der Waals surface area contributed by atoms with Crippen molar-refractivity contribution in [2.24, 2.45) is 0 Å². The molecule has 1 aromatic heterocycles. The molecule has 3 aromatic rings. The van der Waals surface area contributed by atoms with E-state index in [4.69, 9.17) is 0 Å². The van der Waals surface area contributed by atoms with Gasteiger partial charge in [0.05, 0.1) is 5.41 Å². The van der Waals surface area contributed by atoms with Crippen LogP contribution in [0.5, 0.6) is 5.88 Å². The summed E-state index contributed by atoms with van der Waals surface area (Å²) < 4.78 is 5.01. The number of para-hydroxylation sites is 2. The van der Waals surface area contributed by atoms with Crippen LogP contribution in [0.3, 0.4) is 0 Å². The number of hydrogen-bond acceptors (Lipinski definition) is 4. The summed E-state index contributed by atoms with van der Waals surface area (Å²) >= 11 is 0. The number of anilines is 1. The average molecular weight is 688 g/mol. The van der Waals surface area contributed by atoms with E-state index in [1.54, 1.807) is 0 Å². The molecule has 2 aromatic carbocycles. The van der Waals surface area contributed by atoms with E-state index < -0.39 is 11.2 Å². The largest absolute Gasteiger partial charge is 0.494 e. The number of hydrogen-bond donors (Lipinski definition) is 1. The minimum Gasteiger partial charge on any atom is -0.494 e. The first-order valence-electron chi connectivity index (χ1n) is 18.9. The quantitative estimate of drug-likeness (QED) is 0.217. The van der Waals surface area contributed by atoms with Gasteiger partial charge >= 0.3 is 5.69 Å². The van der Waals surface area contributed by atoms with E-state index >= 15 is 0 Å². The van der Waals surface area contributed by atoms with E-state index in [-0.39, 0.29) is 35.4 Å². The summed E-state index contributed by atoms with van der Waals surface area (Å²) in [5, 5.41) is 11.8. The molecule has 3 aliphatic rings. The molecule has 7 nitrogen and oxygen atoms in total. The normalized spacial score (nSPS) is 19.6. The van der Waals surface area contributed by atoms with Gasteiger partial charge in [-0.25, -0.2) is 4.79 Å².